The van der Waals surface area contributed by atoms with Crippen molar-refractivity contribution in [2.45, 2.75) is 19.8 Å². The molecule has 18 heavy (non-hydrogen) atoms. The first kappa shape index (κ1) is 12.8. The number of nitrogens with zero attached hydrogens (tertiary/aromatic N) is 2. The van der Waals surface area contributed by atoms with Gasteiger partial charge in [-0.2, -0.15) is 0 Å². The highest BCUT2D eigenvalue weighted by Gasteiger charge is 2.39. The minimum atomic E-state index is -0.853. The van der Waals surface area contributed by atoms with Crippen LogP contribution in [0.25, 0.3) is 0 Å². The molecule has 2 heterocycles. The molecule has 0 saturated carbocycles. The van der Waals surface area contributed by atoms with Crippen LogP contribution in [0, 0.1) is 5.41 Å². The van der Waals surface area contributed by atoms with Gasteiger partial charge >= 0.3 is 12.0 Å². The number of likely N-dealkylation sites (tertiary alicyclic amines) is 1. The number of aromatic nitrogens is 1. The summed E-state index contributed by atoms with van der Waals surface area (Å²) in [5.41, 5.74) is -0.849. The zero-order valence-electron chi connectivity index (χ0n) is 10.0. The lowest BCUT2D eigenvalue weighted by atomic mass is 9.82. The number of carboxylic acid groups (broad SMARTS) is 1. The summed E-state index contributed by atoms with van der Waals surface area (Å²) in [5.74, 6) is -0.853. The number of carboxylic acids is 1. The molecule has 7 heteroatoms. The Balaban J connectivity index is 2.00. The number of urea groups is 1. The standard InChI is InChI=1S/C11H15N3O3S/c1-11(8(15)16)3-2-5-14(7-11)10(17)13-9-12-4-6-18-9/h4,6H,2-3,5,7H2,1H3,(H,15,16)(H,12,13,17). The van der Waals surface area contributed by atoms with Crippen LogP contribution in [0.3, 0.4) is 0 Å². The average molecular weight is 269 g/mol. The first-order valence-corrected chi connectivity index (χ1v) is 6.58. The fraction of sp³-hybridized carbons (Fsp3) is 0.545. The molecule has 0 spiro atoms. The minimum Gasteiger partial charge on any atom is -0.481 e. The quantitative estimate of drug-likeness (QED) is 0.858. The van der Waals surface area contributed by atoms with Gasteiger partial charge in [0.1, 0.15) is 0 Å². The number of aliphatic carboxylic acids is 1. The smallest absolute Gasteiger partial charge is 0.323 e. The molecule has 2 amide bonds. The van der Waals surface area contributed by atoms with Crippen LogP contribution in [0.2, 0.25) is 0 Å². The fourth-order valence-electron chi connectivity index (χ4n) is 2.04. The molecule has 98 valence electrons. The third-order valence-corrected chi connectivity index (χ3v) is 3.83. The predicted octanol–water partition coefficient (Wildman–Crippen LogP) is 1.86. The number of carbonyl (C=O) groups is 2. The average Bonchev–Trinajstić information content (AvgIpc) is 2.81. The van der Waals surface area contributed by atoms with Crippen molar-refractivity contribution in [1.29, 1.82) is 0 Å². The van der Waals surface area contributed by atoms with Gasteiger partial charge in [-0.3, -0.25) is 10.1 Å². The lowest BCUT2D eigenvalue weighted by Crippen LogP contribution is -2.49. The van der Waals surface area contributed by atoms with Crippen LogP contribution < -0.4 is 5.32 Å². The molecule has 1 unspecified atom stereocenters. The SMILES string of the molecule is CC1(C(=O)O)CCCN(C(=O)Nc2nccs2)C1. The summed E-state index contributed by atoms with van der Waals surface area (Å²) < 4.78 is 0. The van der Waals surface area contributed by atoms with E-state index < -0.39 is 11.4 Å². The summed E-state index contributed by atoms with van der Waals surface area (Å²) in [7, 11) is 0. The van der Waals surface area contributed by atoms with Crippen molar-refractivity contribution >= 4 is 28.5 Å². The van der Waals surface area contributed by atoms with E-state index in [9.17, 15) is 14.7 Å². The van der Waals surface area contributed by atoms with E-state index in [0.717, 1.165) is 0 Å². The molecule has 1 fully saturated rings. The number of amides is 2. The largest absolute Gasteiger partial charge is 0.481 e. The maximum absolute atomic E-state index is 12.0. The summed E-state index contributed by atoms with van der Waals surface area (Å²) in [4.78, 5) is 28.7. The van der Waals surface area contributed by atoms with E-state index in [1.165, 1.54) is 11.3 Å². The van der Waals surface area contributed by atoms with E-state index in [1.54, 1.807) is 23.4 Å². The van der Waals surface area contributed by atoms with Crippen LogP contribution in [0.5, 0.6) is 0 Å². The zero-order chi connectivity index (χ0) is 13.2. The van der Waals surface area contributed by atoms with Crippen molar-refractivity contribution in [3.05, 3.63) is 11.6 Å². The molecule has 0 bridgehead atoms. The maximum Gasteiger partial charge on any atom is 0.323 e. The van der Waals surface area contributed by atoms with Gasteiger partial charge in [0.15, 0.2) is 5.13 Å². The highest BCUT2D eigenvalue weighted by atomic mass is 32.1. The van der Waals surface area contributed by atoms with Crippen molar-refractivity contribution in [1.82, 2.24) is 9.88 Å². The lowest BCUT2D eigenvalue weighted by Gasteiger charge is -2.37. The normalized spacial score (nSPS) is 23.7. The van der Waals surface area contributed by atoms with Gasteiger partial charge in [-0.1, -0.05) is 0 Å². The number of piperidine rings is 1. The zero-order valence-corrected chi connectivity index (χ0v) is 10.9. The van der Waals surface area contributed by atoms with Crippen LogP contribution in [0.4, 0.5) is 9.93 Å². The molecule has 0 aromatic carbocycles. The number of thiazole rings is 1. The van der Waals surface area contributed by atoms with E-state index in [2.05, 4.69) is 10.3 Å². The van der Waals surface area contributed by atoms with Gasteiger partial charge in [-0.25, -0.2) is 9.78 Å². The van der Waals surface area contributed by atoms with Gasteiger partial charge in [0.2, 0.25) is 0 Å². The topological polar surface area (TPSA) is 82.5 Å². The van der Waals surface area contributed by atoms with Gasteiger partial charge in [0, 0.05) is 24.7 Å². The molecule has 2 rings (SSSR count). The molecule has 1 aromatic rings. The number of nitrogens with one attached hydrogen (secondary N) is 1. The Morgan fingerprint density at radius 3 is 3.00 bits per heavy atom. The predicted molar refractivity (Wildman–Crippen MR) is 67.7 cm³/mol. The van der Waals surface area contributed by atoms with Gasteiger partial charge in [-0.15, -0.1) is 11.3 Å². The third kappa shape index (κ3) is 2.61. The van der Waals surface area contributed by atoms with Gasteiger partial charge in [0.05, 0.1) is 5.41 Å². The van der Waals surface area contributed by atoms with Gasteiger partial charge in [-0.05, 0) is 19.8 Å². The molecule has 2 N–H and O–H groups in total. The number of carbonyl (C=O) groups excluding carboxylic acids is 1. The molecule has 1 atom stereocenters. The molecule has 1 aliphatic rings. The Morgan fingerprint density at radius 2 is 2.39 bits per heavy atom. The van der Waals surface area contributed by atoms with E-state index in [4.69, 9.17) is 0 Å². The number of hydrogen-bond donors (Lipinski definition) is 2. The molecule has 6 nitrogen and oxygen atoms in total. The second-order valence-electron chi connectivity index (χ2n) is 4.66. The molecule has 1 aromatic heterocycles. The summed E-state index contributed by atoms with van der Waals surface area (Å²) in [6, 6.07) is -0.280. The lowest BCUT2D eigenvalue weighted by molar-refractivity contribution is -0.150. The van der Waals surface area contributed by atoms with Crippen LogP contribution in [0.15, 0.2) is 11.6 Å². The first-order valence-electron chi connectivity index (χ1n) is 5.70. The van der Waals surface area contributed by atoms with Crippen LogP contribution in [-0.4, -0.2) is 40.1 Å². The summed E-state index contributed by atoms with van der Waals surface area (Å²) in [6.07, 6.45) is 2.91. The fourth-order valence-corrected chi connectivity index (χ4v) is 2.56. The Morgan fingerprint density at radius 1 is 1.61 bits per heavy atom. The Bertz CT molecular complexity index is 448. The Kier molecular flexibility index (Phi) is 3.51. The summed E-state index contributed by atoms with van der Waals surface area (Å²) >= 11 is 1.34. The Hall–Kier alpha value is -1.63. The summed E-state index contributed by atoms with van der Waals surface area (Å²) in [5, 5.41) is 14.2. The van der Waals surface area contributed by atoms with Crippen LogP contribution >= 0.6 is 11.3 Å². The van der Waals surface area contributed by atoms with Gasteiger partial charge in [0.25, 0.3) is 0 Å². The highest BCUT2D eigenvalue weighted by molar-refractivity contribution is 7.13. The van der Waals surface area contributed by atoms with E-state index >= 15 is 0 Å². The molecule has 0 radical (unpaired) electrons. The molecule has 1 aliphatic heterocycles. The number of anilines is 1. The van der Waals surface area contributed by atoms with Crippen molar-refractivity contribution in [2.24, 2.45) is 5.41 Å². The van der Waals surface area contributed by atoms with E-state index in [0.29, 0.717) is 24.5 Å². The van der Waals surface area contributed by atoms with Crippen LogP contribution in [0.1, 0.15) is 19.8 Å². The second-order valence-corrected chi connectivity index (χ2v) is 5.55. The molecule has 0 aliphatic carbocycles. The van der Waals surface area contributed by atoms with E-state index in [1.807, 2.05) is 0 Å². The number of hydrogen-bond acceptors (Lipinski definition) is 4. The molecular formula is C11H15N3O3S. The van der Waals surface area contributed by atoms with Crippen molar-refractivity contribution in [2.75, 3.05) is 18.4 Å². The highest BCUT2D eigenvalue weighted by Crippen LogP contribution is 2.30. The van der Waals surface area contributed by atoms with E-state index in [-0.39, 0.29) is 12.6 Å². The first-order chi connectivity index (χ1) is 8.51. The summed E-state index contributed by atoms with van der Waals surface area (Å²) in [6.45, 7) is 2.50. The Labute approximate surface area is 109 Å². The van der Waals surface area contributed by atoms with Crippen molar-refractivity contribution in [3.8, 4) is 0 Å². The van der Waals surface area contributed by atoms with Gasteiger partial charge < -0.3 is 10.0 Å². The second kappa shape index (κ2) is 4.93. The minimum absolute atomic E-state index is 0.236. The van der Waals surface area contributed by atoms with Crippen molar-refractivity contribution < 1.29 is 14.7 Å². The van der Waals surface area contributed by atoms with Crippen LogP contribution in [-0.2, 0) is 4.79 Å². The van der Waals surface area contributed by atoms with Crippen molar-refractivity contribution in [3.63, 3.8) is 0 Å². The number of rotatable bonds is 2. The maximum atomic E-state index is 12.0. The monoisotopic (exact) mass is 269 g/mol. The molecular weight excluding hydrogens is 254 g/mol. The molecule has 1 saturated heterocycles. The third-order valence-electron chi connectivity index (χ3n) is 3.15.